The highest BCUT2D eigenvalue weighted by molar-refractivity contribution is 9.11. The van der Waals surface area contributed by atoms with Crippen LogP contribution < -0.4 is 0 Å². The second-order valence-electron chi connectivity index (χ2n) is 6.64. The number of hydrogen-bond donors (Lipinski definition) is 1. The van der Waals surface area contributed by atoms with Crippen LogP contribution >= 0.6 is 31.9 Å². The van der Waals surface area contributed by atoms with Crippen LogP contribution in [0, 0.1) is 5.92 Å². The number of carboxylic acid groups (broad SMARTS) is 1. The third-order valence-electron chi connectivity index (χ3n) is 3.60. The van der Waals surface area contributed by atoms with Crippen molar-refractivity contribution in [2.45, 2.75) is 32.3 Å². The summed E-state index contributed by atoms with van der Waals surface area (Å²) in [6, 6.07) is 5.67. The first kappa shape index (κ1) is 18.3. The Morgan fingerprint density at radius 2 is 1.74 bits per heavy atom. The number of nitrogens with zero attached hydrogens (tertiary/aromatic N) is 1. The minimum absolute atomic E-state index is 0.152. The molecule has 1 aliphatic rings. The van der Waals surface area contributed by atoms with Gasteiger partial charge in [-0.2, -0.15) is 0 Å². The molecule has 1 aliphatic heterocycles. The normalized spacial score (nSPS) is 21.3. The molecule has 2 rings (SSSR count). The van der Waals surface area contributed by atoms with E-state index in [-0.39, 0.29) is 12.5 Å². The predicted molar refractivity (Wildman–Crippen MR) is 93.5 cm³/mol. The number of hydrogen-bond acceptors (Lipinski definition) is 3. The van der Waals surface area contributed by atoms with Crippen LogP contribution in [0.15, 0.2) is 27.1 Å². The summed E-state index contributed by atoms with van der Waals surface area (Å²) in [5, 5.41) is 9.51. The number of carbonyl (C=O) groups is 2. The molecule has 2 atom stereocenters. The van der Waals surface area contributed by atoms with E-state index in [1.807, 2.05) is 18.2 Å². The van der Waals surface area contributed by atoms with Crippen molar-refractivity contribution in [1.82, 2.24) is 4.90 Å². The largest absolute Gasteiger partial charge is 0.481 e. The number of aliphatic carboxylic acids is 1. The molecule has 0 radical (unpaired) electrons. The molecule has 1 aromatic carbocycles. The number of ether oxygens (including phenoxy) is 1. The molecule has 1 saturated heterocycles. The van der Waals surface area contributed by atoms with Gasteiger partial charge in [0.1, 0.15) is 5.60 Å². The van der Waals surface area contributed by atoms with Gasteiger partial charge in [-0.05, 0) is 44.5 Å². The van der Waals surface area contributed by atoms with Gasteiger partial charge in [0.05, 0.1) is 5.92 Å². The van der Waals surface area contributed by atoms with Gasteiger partial charge in [0, 0.05) is 28.0 Å². The molecule has 126 valence electrons. The van der Waals surface area contributed by atoms with Crippen molar-refractivity contribution in [3.8, 4) is 0 Å². The Labute approximate surface area is 152 Å². The van der Waals surface area contributed by atoms with Gasteiger partial charge in [-0.3, -0.25) is 4.79 Å². The Kier molecular flexibility index (Phi) is 5.41. The number of carboxylic acids is 1. The minimum Gasteiger partial charge on any atom is -0.481 e. The molecule has 7 heteroatoms. The van der Waals surface area contributed by atoms with Crippen LogP contribution in [0.2, 0.25) is 0 Å². The summed E-state index contributed by atoms with van der Waals surface area (Å²) < 4.78 is 7.08. The molecule has 1 aromatic rings. The number of halogens is 2. The highest BCUT2D eigenvalue weighted by Crippen LogP contribution is 2.36. The van der Waals surface area contributed by atoms with Gasteiger partial charge in [0.25, 0.3) is 0 Å². The van der Waals surface area contributed by atoms with Crippen molar-refractivity contribution < 1.29 is 19.4 Å². The first-order valence-electron chi connectivity index (χ1n) is 7.23. The van der Waals surface area contributed by atoms with Gasteiger partial charge in [-0.1, -0.05) is 31.9 Å². The summed E-state index contributed by atoms with van der Waals surface area (Å²) >= 11 is 6.84. The van der Waals surface area contributed by atoms with Gasteiger partial charge in [-0.25, -0.2) is 4.79 Å². The van der Waals surface area contributed by atoms with E-state index in [0.717, 1.165) is 14.5 Å². The maximum atomic E-state index is 12.2. The van der Waals surface area contributed by atoms with Crippen molar-refractivity contribution in [3.05, 3.63) is 32.7 Å². The smallest absolute Gasteiger partial charge is 0.410 e. The third kappa shape index (κ3) is 4.70. The molecular weight excluding hydrogens is 430 g/mol. The van der Waals surface area contributed by atoms with E-state index < -0.39 is 23.6 Å². The molecule has 1 heterocycles. The van der Waals surface area contributed by atoms with E-state index >= 15 is 0 Å². The topological polar surface area (TPSA) is 66.8 Å². The summed E-state index contributed by atoms with van der Waals surface area (Å²) in [5.74, 6) is -1.82. The molecule has 0 spiro atoms. The summed E-state index contributed by atoms with van der Waals surface area (Å²) in [6.07, 6.45) is -0.472. The van der Waals surface area contributed by atoms with Crippen LogP contribution in [-0.2, 0) is 9.53 Å². The van der Waals surface area contributed by atoms with Gasteiger partial charge < -0.3 is 14.7 Å². The lowest BCUT2D eigenvalue weighted by Gasteiger charge is -2.24. The van der Waals surface area contributed by atoms with Crippen LogP contribution in [0.5, 0.6) is 0 Å². The van der Waals surface area contributed by atoms with E-state index in [0.29, 0.717) is 6.54 Å². The number of rotatable bonds is 2. The molecule has 2 unspecified atom stereocenters. The highest BCUT2D eigenvalue weighted by Gasteiger charge is 2.41. The van der Waals surface area contributed by atoms with Crippen molar-refractivity contribution in [1.29, 1.82) is 0 Å². The van der Waals surface area contributed by atoms with Crippen molar-refractivity contribution >= 4 is 43.9 Å². The summed E-state index contributed by atoms with van der Waals surface area (Å²) in [4.78, 5) is 25.3. The third-order valence-corrected chi connectivity index (χ3v) is 4.52. The van der Waals surface area contributed by atoms with Crippen LogP contribution in [0.3, 0.4) is 0 Å². The Bertz CT molecular complexity index is 607. The minimum atomic E-state index is -0.905. The van der Waals surface area contributed by atoms with E-state index in [2.05, 4.69) is 31.9 Å². The quantitative estimate of drug-likeness (QED) is 0.734. The number of amides is 1. The van der Waals surface area contributed by atoms with Gasteiger partial charge in [0.15, 0.2) is 0 Å². The molecule has 1 amide bonds. The Hall–Kier alpha value is -1.08. The second-order valence-corrected chi connectivity index (χ2v) is 8.47. The molecule has 0 saturated carbocycles. The monoisotopic (exact) mass is 447 g/mol. The summed E-state index contributed by atoms with van der Waals surface area (Å²) in [7, 11) is 0. The van der Waals surface area contributed by atoms with Crippen LogP contribution in [0.4, 0.5) is 4.79 Å². The molecular formula is C16H19Br2NO4. The van der Waals surface area contributed by atoms with E-state index in [4.69, 9.17) is 4.74 Å². The summed E-state index contributed by atoms with van der Waals surface area (Å²) in [6.45, 7) is 5.85. The van der Waals surface area contributed by atoms with Gasteiger partial charge >= 0.3 is 12.1 Å². The molecule has 0 aliphatic carbocycles. The molecule has 0 aromatic heterocycles. The number of likely N-dealkylation sites (tertiary alicyclic amines) is 1. The lowest BCUT2D eigenvalue weighted by molar-refractivity contribution is -0.141. The molecule has 5 nitrogen and oxygen atoms in total. The lowest BCUT2D eigenvalue weighted by atomic mass is 9.89. The zero-order valence-electron chi connectivity index (χ0n) is 13.2. The maximum Gasteiger partial charge on any atom is 0.410 e. The standard InChI is InChI=1S/C16H19Br2NO4/c1-16(2,3)23-15(22)19-7-12(13(8-19)14(20)21)9-4-10(17)6-11(18)5-9/h4-6,12-13H,7-8H2,1-3H3,(H,20,21). The summed E-state index contributed by atoms with van der Waals surface area (Å²) in [5.41, 5.74) is 0.275. The second kappa shape index (κ2) is 6.81. The van der Waals surface area contributed by atoms with E-state index in [9.17, 15) is 14.7 Å². The van der Waals surface area contributed by atoms with E-state index in [1.165, 1.54) is 4.90 Å². The van der Waals surface area contributed by atoms with Gasteiger partial charge in [-0.15, -0.1) is 0 Å². The maximum absolute atomic E-state index is 12.2. The van der Waals surface area contributed by atoms with Crippen LogP contribution in [0.1, 0.15) is 32.3 Å². The van der Waals surface area contributed by atoms with Crippen molar-refractivity contribution in [2.75, 3.05) is 13.1 Å². The number of carbonyl (C=O) groups excluding carboxylic acids is 1. The van der Waals surface area contributed by atoms with Gasteiger partial charge in [0.2, 0.25) is 0 Å². The van der Waals surface area contributed by atoms with Crippen molar-refractivity contribution in [2.24, 2.45) is 5.92 Å². The zero-order chi connectivity index (χ0) is 17.4. The van der Waals surface area contributed by atoms with Crippen LogP contribution in [0.25, 0.3) is 0 Å². The fraction of sp³-hybridized carbons (Fsp3) is 0.500. The molecule has 1 fully saturated rings. The average molecular weight is 449 g/mol. The SMILES string of the molecule is CC(C)(C)OC(=O)N1CC(C(=O)O)C(c2cc(Br)cc(Br)c2)C1. The lowest BCUT2D eigenvalue weighted by Crippen LogP contribution is -2.35. The van der Waals surface area contributed by atoms with Crippen molar-refractivity contribution in [3.63, 3.8) is 0 Å². The molecule has 0 bridgehead atoms. The van der Waals surface area contributed by atoms with Crippen LogP contribution in [-0.4, -0.2) is 40.8 Å². The van der Waals surface area contributed by atoms with E-state index in [1.54, 1.807) is 20.8 Å². The fourth-order valence-corrected chi connectivity index (χ4v) is 3.99. The Morgan fingerprint density at radius 3 is 2.22 bits per heavy atom. The Morgan fingerprint density at radius 1 is 1.17 bits per heavy atom. The molecule has 1 N–H and O–H groups in total. The Balaban J connectivity index is 2.25. The first-order chi connectivity index (χ1) is 10.6. The predicted octanol–water partition coefficient (Wildman–Crippen LogP) is 4.25. The number of benzene rings is 1. The zero-order valence-corrected chi connectivity index (χ0v) is 16.3. The average Bonchev–Trinajstić information content (AvgIpc) is 2.80. The molecule has 23 heavy (non-hydrogen) atoms. The fourth-order valence-electron chi connectivity index (χ4n) is 2.66. The first-order valence-corrected chi connectivity index (χ1v) is 8.82. The highest BCUT2D eigenvalue weighted by atomic mass is 79.9.